The second-order valence-corrected chi connectivity index (χ2v) is 1.70. The first kappa shape index (κ1) is 14.2. The maximum Gasteiger partial charge on any atom is 1.00 e. The van der Waals surface area contributed by atoms with Crippen molar-refractivity contribution in [3.63, 3.8) is 0 Å². The van der Waals surface area contributed by atoms with Gasteiger partial charge in [0.15, 0.2) is 0 Å². The van der Waals surface area contributed by atoms with E-state index in [0.29, 0.717) is 11.4 Å². The molecule has 0 N–H and O–H groups in total. The molecule has 0 radical (unpaired) electrons. The minimum atomic E-state index is 0. The van der Waals surface area contributed by atoms with Crippen LogP contribution in [0, 0.1) is 10.4 Å². The first-order valence-electron chi connectivity index (χ1n) is 2.63. The van der Waals surface area contributed by atoms with Crippen LogP contribution in [-0.2, 0) is 0 Å². The average Bonchev–Trinajstić information content (AvgIpc) is 2.05. The molecule has 0 bridgehead atoms. The number of rotatable bonds is 0. The smallest absolute Gasteiger partial charge is 0.792 e. The molecule has 0 saturated heterocycles. The van der Waals surface area contributed by atoms with Gasteiger partial charge in [0.1, 0.15) is 0 Å². The van der Waals surface area contributed by atoms with Crippen molar-refractivity contribution in [3.8, 4) is 0 Å². The van der Waals surface area contributed by atoms with E-state index >= 15 is 0 Å². The molecule has 52 valence electrons. The molecule has 0 unspecified atom stereocenters. The zero-order chi connectivity index (χ0) is 7.40. The Morgan fingerprint density at radius 1 is 0.750 bits per heavy atom. The van der Waals surface area contributed by atoms with E-state index in [0.717, 1.165) is 0 Å². The fourth-order valence-corrected chi connectivity index (χ4v) is 0.574. The van der Waals surface area contributed by atoms with Gasteiger partial charge in [-0.05, 0) is 24.3 Å². The molecule has 0 aromatic carbocycles. The van der Waals surface area contributed by atoms with Crippen molar-refractivity contribution in [2.24, 2.45) is 10.3 Å². The quantitative estimate of drug-likeness (QED) is 0.197. The molecule has 0 aromatic rings. The van der Waals surface area contributed by atoms with Crippen LogP contribution in [0.5, 0.6) is 0 Å². The molecule has 0 amide bonds. The van der Waals surface area contributed by atoms with E-state index in [1.165, 1.54) is 24.3 Å². The Morgan fingerprint density at radius 2 is 1.00 bits per heavy atom. The summed E-state index contributed by atoms with van der Waals surface area (Å²) in [6.45, 7) is 0. The minimum Gasteiger partial charge on any atom is -0.792 e. The van der Waals surface area contributed by atoms with Crippen LogP contribution in [0.2, 0.25) is 0 Å². The minimum absolute atomic E-state index is 0. The van der Waals surface area contributed by atoms with E-state index < -0.39 is 0 Å². The average molecular weight is 150 g/mol. The van der Waals surface area contributed by atoms with Crippen molar-refractivity contribution >= 4 is 11.4 Å². The molecule has 0 spiro atoms. The monoisotopic (exact) mass is 150 g/mol. The number of hydrogen-bond acceptors (Lipinski definition) is 4. The van der Waals surface area contributed by atoms with Gasteiger partial charge in [0.25, 0.3) is 0 Å². The Labute approximate surface area is 94.1 Å². The van der Waals surface area contributed by atoms with Crippen LogP contribution in [0.1, 0.15) is 0 Å². The van der Waals surface area contributed by atoms with E-state index in [1.54, 1.807) is 0 Å². The molecule has 0 saturated carbocycles. The molecule has 4 nitrogen and oxygen atoms in total. The second-order valence-electron chi connectivity index (χ2n) is 1.70. The third kappa shape index (κ3) is 3.85. The topological polar surface area (TPSA) is 70.8 Å². The van der Waals surface area contributed by atoms with E-state index in [1.807, 2.05) is 0 Å². The number of allylic oxidation sites excluding steroid dienone is 4. The van der Waals surface area contributed by atoms with Crippen molar-refractivity contribution in [2.75, 3.05) is 0 Å². The summed E-state index contributed by atoms with van der Waals surface area (Å²) < 4.78 is 0. The fourth-order valence-electron chi connectivity index (χ4n) is 0.574. The van der Waals surface area contributed by atoms with E-state index in [-0.39, 0.29) is 37.7 Å². The molecule has 6 heteroatoms. The third-order valence-electron chi connectivity index (χ3n) is 1.06. The summed E-state index contributed by atoms with van der Waals surface area (Å²) in [5.74, 6) is 0. The van der Waals surface area contributed by atoms with Crippen molar-refractivity contribution in [2.45, 2.75) is 0 Å². The largest absolute Gasteiger partial charge is 1.00 e. The van der Waals surface area contributed by atoms with Crippen molar-refractivity contribution in [1.82, 2.24) is 0 Å². The second kappa shape index (κ2) is 7.27. The summed E-state index contributed by atoms with van der Waals surface area (Å²) in [5.41, 5.74) is 0.597. The molecule has 0 atom stereocenters. The van der Waals surface area contributed by atoms with E-state index in [4.69, 9.17) is 0 Å². The Bertz CT molecular complexity index is 204. The normalized spacial score (nSPS) is 13.0. The van der Waals surface area contributed by atoms with Crippen LogP contribution in [0.25, 0.3) is 0 Å². The van der Waals surface area contributed by atoms with Crippen LogP contribution in [0.4, 0.5) is 0 Å². The van der Waals surface area contributed by atoms with Crippen molar-refractivity contribution < 1.29 is 37.7 Å². The Kier molecular flexibility index (Phi) is 8.58. The van der Waals surface area contributed by atoms with Gasteiger partial charge >= 0.3 is 37.7 Å². The van der Waals surface area contributed by atoms with E-state index in [9.17, 15) is 10.4 Å². The summed E-state index contributed by atoms with van der Waals surface area (Å²) in [6, 6.07) is 0. The molecule has 1 aliphatic carbocycles. The SMILES string of the molecule is [Li+].[Li+].[O-]N=C1C=CC(=N[O-])C=C1. The van der Waals surface area contributed by atoms with Crippen LogP contribution in [-0.4, -0.2) is 11.4 Å². The Morgan fingerprint density at radius 3 is 1.17 bits per heavy atom. The van der Waals surface area contributed by atoms with Gasteiger partial charge in [-0.15, -0.1) is 0 Å². The Hall–Kier alpha value is -0.385. The summed E-state index contributed by atoms with van der Waals surface area (Å²) >= 11 is 0. The van der Waals surface area contributed by atoms with Crippen LogP contribution in [0.15, 0.2) is 34.6 Å². The molecule has 12 heavy (non-hydrogen) atoms. The summed E-state index contributed by atoms with van der Waals surface area (Å²) in [5, 5.41) is 25.0. The molecule has 0 fully saturated rings. The molecular weight excluding hydrogens is 146 g/mol. The standard InChI is InChI=1S/C6H6N2O2.2Li/c9-7-5-1-2-6(8-10)4-3-5;;/h1-4,9-10H;;/q;2*+1/p-2. The zero-order valence-corrected chi connectivity index (χ0v) is 7.02. The van der Waals surface area contributed by atoms with Gasteiger partial charge in [-0.1, -0.05) is 0 Å². The Balaban J connectivity index is 0. The van der Waals surface area contributed by atoms with Crippen LogP contribution in [0.3, 0.4) is 0 Å². The third-order valence-corrected chi connectivity index (χ3v) is 1.06. The molecule has 1 rings (SSSR count). The zero-order valence-electron chi connectivity index (χ0n) is 7.02. The van der Waals surface area contributed by atoms with Gasteiger partial charge < -0.3 is 20.7 Å². The molecule has 1 aliphatic rings. The summed E-state index contributed by atoms with van der Waals surface area (Å²) in [7, 11) is 0. The van der Waals surface area contributed by atoms with Gasteiger partial charge in [-0.25, -0.2) is 0 Å². The molecule has 0 aromatic heterocycles. The summed E-state index contributed by atoms with van der Waals surface area (Å²) in [6.07, 6.45) is 5.74. The van der Waals surface area contributed by atoms with E-state index in [2.05, 4.69) is 10.3 Å². The number of nitrogens with zero attached hydrogens (tertiary/aromatic N) is 2. The first-order valence-corrected chi connectivity index (χ1v) is 2.63. The summed E-state index contributed by atoms with van der Waals surface area (Å²) in [4.78, 5) is 0. The molecular formula is C6H4Li2N2O2. The van der Waals surface area contributed by atoms with Crippen LogP contribution < -0.4 is 37.7 Å². The number of hydrogen-bond donors (Lipinski definition) is 0. The maximum atomic E-state index is 9.85. The van der Waals surface area contributed by atoms with Crippen LogP contribution >= 0.6 is 0 Å². The first-order chi connectivity index (χ1) is 4.86. The predicted octanol–water partition coefficient (Wildman–Crippen LogP) is -5.00. The molecule has 0 heterocycles. The van der Waals surface area contributed by atoms with Gasteiger partial charge in [0.2, 0.25) is 0 Å². The van der Waals surface area contributed by atoms with Crippen molar-refractivity contribution in [3.05, 3.63) is 34.7 Å². The van der Waals surface area contributed by atoms with Gasteiger partial charge in [0, 0.05) is 0 Å². The van der Waals surface area contributed by atoms with Gasteiger partial charge in [-0.2, -0.15) is 0 Å². The molecule has 0 aliphatic heterocycles. The maximum absolute atomic E-state index is 9.85. The van der Waals surface area contributed by atoms with Crippen molar-refractivity contribution in [1.29, 1.82) is 0 Å². The van der Waals surface area contributed by atoms with Gasteiger partial charge in [0.05, 0.1) is 11.4 Å². The van der Waals surface area contributed by atoms with Gasteiger partial charge in [-0.3, -0.25) is 0 Å². The predicted molar refractivity (Wildman–Crippen MR) is 39.9 cm³/mol. The fraction of sp³-hybridized carbons (Fsp3) is 0.